The van der Waals surface area contributed by atoms with Crippen molar-refractivity contribution in [2.24, 2.45) is 0 Å². The topological polar surface area (TPSA) is 9.23 Å². The molecule has 0 bridgehead atoms. The second kappa shape index (κ2) is 2.77. The zero-order valence-corrected chi connectivity index (χ0v) is 8.37. The lowest BCUT2D eigenvalue weighted by Crippen LogP contribution is -1.91. The monoisotopic (exact) mass is 266 g/mol. The first-order chi connectivity index (χ1) is 4.86. The molecule has 1 aliphatic carbocycles. The van der Waals surface area contributed by atoms with Gasteiger partial charge in [-0.25, -0.2) is 0 Å². The molecule has 0 unspecified atom stereocenters. The number of allylic oxidation sites excluding steroid dienone is 3. The van der Waals surface area contributed by atoms with Gasteiger partial charge in [0, 0.05) is 11.3 Å². The molecule has 2 aliphatic rings. The molecule has 0 N–H and O–H groups in total. The molecule has 1 aliphatic heterocycles. The van der Waals surface area contributed by atoms with Crippen molar-refractivity contribution in [2.45, 2.75) is 12.8 Å². The van der Waals surface area contributed by atoms with E-state index in [1.807, 2.05) is 0 Å². The molecule has 0 aromatic carbocycles. The maximum Gasteiger partial charge on any atom is 0.138 e. The number of thioether (sulfide) groups is 1. The smallest absolute Gasteiger partial charge is 0.138 e. The van der Waals surface area contributed by atoms with Gasteiger partial charge in [-0.2, -0.15) is 0 Å². The maximum absolute atomic E-state index is 5.40. The average Bonchev–Trinajstić information content (AvgIpc) is 2.33. The molecule has 0 amide bonds. The SMILES string of the molecule is IC1=CC2=C(CC1)OCS2. The van der Waals surface area contributed by atoms with Gasteiger partial charge in [0.25, 0.3) is 0 Å². The van der Waals surface area contributed by atoms with Crippen molar-refractivity contribution in [1.29, 1.82) is 0 Å². The first-order valence-electron chi connectivity index (χ1n) is 3.21. The third-order valence-corrected chi connectivity index (χ3v) is 3.34. The van der Waals surface area contributed by atoms with E-state index in [9.17, 15) is 0 Å². The standard InChI is InChI=1S/C7H7IOS/c8-5-1-2-6-7(3-5)10-4-9-6/h3H,1-2,4H2. The summed E-state index contributed by atoms with van der Waals surface area (Å²) < 4.78 is 6.85. The van der Waals surface area contributed by atoms with E-state index in [-0.39, 0.29) is 0 Å². The van der Waals surface area contributed by atoms with Crippen molar-refractivity contribution in [3.63, 3.8) is 0 Å². The summed E-state index contributed by atoms with van der Waals surface area (Å²) in [5.41, 5.74) is 0. The first kappa shape index (κ1) is 7.03. The zero-order valence-electron chi connectivity index (χ0n) is 5.39. The van der Waals surface area contributed by atoms with Crippen molar-refractivity contribution in [3.05, 3.63) is 20.3 Å². The van der Waals surface area contributed by atoms with Crippen LogP contribution < -0.4 is 0 Å². The van der Waals surface area contributed by atoms with E-state index in [1.54, 1.807) is 11.8 Å². The lowest BCUT2D eigenvalue weighted by Gasteiger charge is -2.08. The third-order valence-electron chi connectivity index (χ3n) is 1.60. The molecule has 1 heterocycles. The number of halogens is 1. The lowest BCUT2D eigenvalue weighted by molar-refractivity contribution is 0.267. The molecule has 0 saturated carbocycles. The Morgan fingerprint density at radius 1 is 1.50 bits per heavy atom. The zero-order chi connectivity index (χ0) is 6.97. The molecule has 2 rings (SSSR count). The van der Waals surface area contributed by atoms with Crippen LogP contribution in [0.1, 0.15) is 12.8 Å². The second-order valence-electron chi connectivity index (χ2n) is 2.29. The second-order valence-corrected chi connectivity index (χ2v) is 4.63. The van der Waals surface area contributed by atoms with Crippen LogP contribution in [0.4, 0.5) is 0 Å². The van der Waals surface area contributed by atoms with E-state index in [2.05, 4.69) is 28.7 Å². The maximum atomic E-state index is 5.40. The summed E-state index contributed by atoms with van der Waals surface area (Å²) in [5.74, 6) is 2.04. The van der Waals surface area contributed by atoms with Gasteiger partial charge in [-0.3, -0.25) is 0 Å². The Morgan fingerprint density at radius 3 is 3.30 bits per heavy atom. The van der Waals surface area contributed by atoms with Gasteiger partial charge in [-0.1, -0.05) is 11.8 Å². The van der Waals surface area contributed by atoms with Gasteiger partial charge in [0.1, 0.15) is 11.7 Å². The minimum atomic E-state index is 0.824. The van der Waals surface area contributed by atoms with Gasteiger partial charge < -0.3 is 4.74 Å². The Balaban J connectivity index is 2.29. The molecule has 0 atom stereocenters. The van der Waals surface area contributed by atoms with Crippen LogP contribution in [0.25, 0.3) is 0 Å². The molecule has 0 fully saturated rings. The van der Waals surface area contributed by atoms with Crippen LogP contribution in [0, 0.1) is 0 Å². The molecule has 0 aromatic heterocycles. The minimum absolute atomic E-state index is 0.824. The fourth-order valence-corrected chi connectivity index (χ4v) is 2.75. The molecule has 1 nitrogen and oxygen atoms in total. The third kappa shape index (κ3) is 1.21. The number of hydrogen-bond acceptors (Lipinski definition) is 2. The Bertz CT molecular complexity index is 220. The van der Waals surface area contributed by atoms with Crippen LogP contribution in [0.5, 0.6) is 0 Å². The van der Waals surface area contributed by atoms with E-state index in [0.717, 1.165) is 12.4 Å². The van der Waals surface area contributed by atoms with Crippen molar-refractivity contribution in [3.8, 4) is 0 Å². The summed E-state index contributed by atoms with van der Waals surface area (Å²) in [4.78, 5) is 1.36. The van der Waals surface area contributed by atoms with E-state index >= 15 is 0 Å². The normalized spacial score (nSPS) is 23.9. The fraction of sp³-hybridized carbons (Fsp3) is 0.429. The summed E-state index contributed by atoms with van der Waals surface area (Å²) in [5, 5.41) is 0. The van der Waals surface area contributed by atoms with Gasteiger partial charge in [0.05, 0.1) is 0 Å². The highest BCUT2D eigenvalue weighted by atomic mass is 127. The molecule has 0 spiro atoms. The highest BCUT2D eigenvalue weighted by Gasteiger charge is 2.18. The van der Waals surface area contributed by atoms with Gasteiger partial charge in [-0.05, 0) is 38.7 Å². The molecule has 54 valence electrons. The van der Waals surface area contributed by atoms with Gasteiger partial charge >= 0.3 is 0 Å². The van der Waals surface area contributed by atoms with Crippen LogP contribution >= 0.6 is 34.4 Å². The molecular weight excluding hydrogens is 259 g/mol. The quantitative estimate of drug-likeness (QED) is 0.623. The largest absolute Gasteiger partial charge is 0.486 e. The van der Waals surface area contributed by atoms with E-state index in [0.29, 0.717) is 0 Å². The summed E-state index contributed by atoms with van der Waals surface area (Å²) in [7, 11) is 0. The number of hydrogen-bond donors (Lipinski definition) is 0. The Labute approximate surface area is 78.0 Å². The van der Waals surface area contributed by atoms with Crippen LogP contribution in [0.15, 0.2) is 20.3 Å². The number of rotatable bonds is 0. The Morgan fingerprint density at radius 2 is 2.40 bits per heavy atom. The molecule has 0 saturated heterocycles. The van der Waals surface area contributed by atoms with Gasteiger partial charge in [0.2, 0.25) is 0 Å². The molecule has 3 heteroatoms. The summed E-state index contributed by atoms with van der Waals surface area (Å²) in [6.07, 6.45) is 4.51. The van der Waals surface area contributed by atoms with Gasteiger partial charge in [0.15, 0.2) is 0 Å². The highest BCUT2D eigenvalue weighted by Crippen LogP contribution is 2.39. The average molecular weight is 266 g/mol. The highest BCUT2D eigenvalue weighted by molar-refractivity contribution is 14.1. The van der Waals surface area contributed by atoms with E-state index in [1.165, 1.54) is 20.7 Å². The lowest BCUT2D eigenvalue weighted by atomic mass is 10.2. The van der Waals surface area contributed by atoms with Crippen molar-refractivity contribution in [2.75, 3.05) is 5.94 Å². The summed E-state index contributed by atoms with van der Waals surface area (Å²) in [6, 6.07) is 0. The van der Waals surface area contributed by atoms with Crippen molar-refractivity contribution in [1.82, 2.24) is 0 Å². The summed E-state index contributed by atoms with van der Waals surface area (Å²) in [6.45, 7) is 0. The fourth-order valence-electron chi connectivity index (χ4n) is 1.08. The predicted molar refractivity (Wildman–Crippen MR) is 51.9 cm³/mol. The van der Waals surface area contributed by atoms with Gasteiger partial charge in [-0.15, -0.1) is 0 Å². The molecule has 10 heavy (non-hydrogen) atoms. The number of ether oxygens (including phenoxy) is 1. The molecule has 0 aromatic rings. The Hall–Kier alpha value is 0.360. The molecule has 0 radical (unpaired) electrons. The molecular formula is C7H7IOS. The van der Waals surface area contributed by atoms with Crippen molar-refractivity contribution >= 4 is 34.4 Å². The van der Waals surface area contributed by atoms with Crippen LogP contribution in [-0.4, -0.2) is 5.94 Å². The Kier molecular flexibility index (Phi) is 1.95. The summed E-state index contributed by atoms with van der Waals surface area (Å²) >= 11 is 4.20. The van der Waals surface area contributed by atoms with E-state index < -0.39 is 0 Å². The predicted octanol–water partition coefficient (Wildman–Crippen LogP) is 3.03. The first-order valence-corrected chi connectivity index (χ1v) is 5.27. The van der Waals surface area contributed by atoms with Crippen LogP contribution in [-0.2, 0) is 4.74 Å². The van der Waals surface area contributed by atoms with Crippen LogP contribution in [0.2, 0.25) is 0 Å². The van der Waals surface area contributed by atoms with Crippen LogP contribution in [0.3, 0.4) is 0 Å². The van der Waals surface area contributed by atoms with Crippen molar-refractivity contribution < 1.29 is 4.74 Å². The minimum Gasteiger partial charge on any atom is -0.486 e. The van der Waals surface area contributed by atoms with E-state index in [4.69, 9.17) is 4.74 Å².